The van der Waals surface area contributed by atoms with Crippen LogP contribution in [0.1, 0.15) is 18.0 Å². The van der Waals surface area contributed by atoms with E-state index in [9.17, 15) is 0 Å². The summed E-state index contributed by atoms with van der Waals surface area (Å²) in [5.74, 6) is 0. The molecule has 0 saturated heterocycles. The fraction of sp³-hybridized carbons (Fsp3) is 0.375. The monoisotopic (exact) mass is 266 g/mol. The topological polar surface area (TPSA) is 59.1 Å². The molecule has 0 spiro atoms. The van der Waals surface area contributed by atoms with Crippen LogP contribution in [0.4, 0.5) is 0 Å². The second-order valence-electron chi connectivity index (χ2n) is 2.56. The molecule has 0 aromatic carbocycles. The Balaban J connectivity index is 0.00000144. The lowest BCUT2D eigenvalue weighted by Gasteiger charge is -2.09. The van der Waals surface area contributed by atoms with Crippen LogP contribution < -0.4 is 5.73 Å². The van der Waals surface area contributed by atoms with Gasteiger partial charge in [-0.2, -0.15) is 0 Å². The Hall–Kier alpha value is -0.160. The van der Waals surface area contributed by atoms with Gasteiger partial charge in [-0.15, -0.1) is 12.4 Å². The van der Waals surface area contributed by atoms with E-state index in [-0.39, 0.29) is 25.1 Å². The van der Waals surface area contributed by atoms with Crippen molar-refractivity contribution >= 4 is 28.3 Å². The van der Waals surface area contributed by atoms with Gasteiger partial charge < -0.3 is 10.8 Å². The molecule has 3 N–H and O–H groups in total. The predicted molar refractivity (Wildman–Crippen MR) is 57.8 cm³/mol. The number of pyridine rings is 1. The molecule has 1 aromatic heterocycles. The molecular formula is C8H12BrClN2O. The van der Waals surface area contributed by atoms with E-state index in [1.165, 1.54) is 0 Å². The standard InChI is InChI=1S/C8H11BrN2O.ClH/c9-7-3-6(4-11-5-7)8(10)1-2-12;/h3-5,8,12H,1-2,10H2;1H/t8-;/m1./s1. The number of aromatic nitrogens is 1. The molecule has 3 nitrogen and oxygen atoms in total. The van der Waals surface area contributed by atoms with E-state index in [1.54, 1.807) is 12.4 Å². The van der Waals surface area contributed by atoms with Crippen molar-refractivity contribution in [3.05, 3.63) is 28.5 Å². The van der Waals surface area contributed by atoms with E-state index in [0.717, 1.165) is 10.0 Å². The van der Waals surface area contributed by atoms with Crippen molar-refractivity contribution in [2.24, 2.45) is 5.73 Å². The van der Waals surface area contributed by atoms with Crippen molar-refractivity contribution in [2.45, 2.75) is 12.5 Å². The van der Waals surface area contributed by atoms with Crippen LogP contribution in [0.15, 0.2) is 22.9 Å². The number of hydrogen-bond donors (Lipinski definition) is 2. The first-order valence-electron chi connectivity index (χ1n) is 3.71. The molecule has 1 heterocycles. The Labute approximate surface area is 91.9 Å². The van der Waals surface area contributed by atoms with Crippen molar-refractivity contribution in [1.82, 2.24) is 4.98 Å². The lowest BCUT2D eigenvalue weighted by Crippen LogP contribution is -2.12. The summed E-state index contributed by atoms with van der Waals surface area (Å²) in [5.41, 5.74) is 6.70. The predicted octanol–water partition coefficient (Wildman–Crippen LogP) is 1.65. The summed E-state index contributed by atoms with van der Waals surface area (Å²) in [4.78, 5) is 3.98. The second-order valence-corrected chi connectivity index (χ2v) is 3.47. The first kappa shape index (κ1) is 12.8. The number of aliphatic hydroxyl groups is 1. The second kappa shape index (κ2) is 6.32. The number of nitrogens with two attached hydrogens (primary N) is 1. The van der Waals surface area contributed by atoms with Crippen molar-refractivity contribution < 1.29 is 5.11 Å². The van der Waals surface area contributed by atoms with E-state index < -0.39 is 0 Å². The van der Waals surface area contributed by atoms with Gasteiger partial charge in [-0.1, -0.05) is 0 Å². The van der Waals surface area contributed by atoms with Gasteiger partial charge in [0, 0.05) is 29.5 Å². The highest BCUT2D eigenvalue weighted by Crippen LogP contribution is 2.16. The molecule has 1 atom stereocenters. The minimum atomic E-state index is -0.125. The zero-order valence-corrected chi connectivity index (χ0v) is 9.38. The first-order valence-corrected chi connectivity index (χ1v) is 4.50. The summed E-state index contributed by atoms with van der Waals surface area (Å²) in [6.07, 6.45) is 3.98. The Bertz CT molecular complexity index is 260. The van der Waals surface area contributed by atoms with Gasteiger partial charge in [-0.3, -0.25) is 4.98 Å². The SMILES string of the molecule is Cl.N[C@H](CCO)c1cncc(Br)c1. The number of hydrogen-bond acceptors (Lipinski definition) is 3. The van der Waals surface area contributed by atoms with Gasteiger partial charge in [-0.25, -0.2) is 0 Å². The molecule has 1 rings (SSSR count). The van der Waals surface area contributed by atoms with Crippen molar-refractivity contribution in [3.63, 3.8) is 0 Å². The van der Waals surface area contributed by atoms with Crippen LogP contribution in [0.2, 0.25) is 0 Å². The summed E-state index contributed by atoms with van der Waals surface area (Å²) in [6.45, 7) is 0.105. The molecule has 0 bridgehead atoms. The van der Waals surface area contributed by atoms with Gasteiger partial charge in [0.25, 0.3) is 0 Å². The van der Waals surface area contributed by atoms with Gasteiger partial charge in [0.2, 0.25) is 0 Å². The smallest absolute Gasteiger partial charge is 0.0449 e. The zero-order valence-electron chi connectivity index (χ0n) is 6.98. The van der Waals surface area contributed by atoms with E-state index in [1.807, 2.05) is 6.07 Å². The molecule has 0 unspecified atom stereocenters. The maximum Gasteiger partial charge on any atom is 0.0449 e. The fourth-order valence-corrected chi connectivity index (χ4v) is 1.32. The number of halogens is 2. The van der Waals surface area contributed by atoms with E-state index in [0.29, 0.717) is 6.42 Å². The average molecular weight is 268 g/mol. The van der Waals surface area contributed by atoms with Crippen LogP contribution in [0, 0.1) is 0 Å². The van der Waals surface area contributed by atoms with E-state index >= 15 is 0 Å². The lowest BCUT2D eigenvalue weighted by atomic mass is 10.1. The van der Waals surface area contributed by atoms with Crippen molar-refractivity contribution in [2.75, 3.05) is 6.61 Å². The maximum atomic E-state index is 8.66. The highest BCUT2D eigenvalue weighted by atomic mass is 79.9. The molecule has 1 aromatic rings. The van der Waals surface area contributed by atoms with Gasteiger partial charge >= 0.3 is 0 Å². The van der Waals surface area contributed by atoms with Crippen LogP contribution in [0.25, 0.3) is 0 Å². The molecule has 74 valence electrons. The summed E-state index contributed by atoms with van der Waals surface area (Å²) >= 11 is 3.30. The fourth-order valence-electron chi connectivity index (χ4n) is 0.937. The Kier molecular flexibility index (Phi) is 6.24. The van der Waals surface area contributed by atoms with Crippen molar-refractivity contribution in [1.29, 1.82) is 0 Å². The van der Waals surface area contributed by atoms with Gasteiger partial charge in [-0.05, 0) is 34.0 Å². The molecule has 0 fully saturated rings. The molecule has 0 amide bonds. The average Bonchev–Trinajstić information content (AvgIpc) is 2.05. The maximum absolute atomic E-state index is 8.66. The number of rotatable bonds is 3. The van der Waals surface area contributed by atoms with E-state index in [4.69, 9.17) is 10.8 Å². The minimum Gasteiger partial charge on any atom is -0.396 e. The number of nitrogens with zero attached hydrogens (tertiary/aromatic N) is 1. The third-order valence-electron chi connectivity index (χ3n) is 1.59. The van der Waals surface area contributed by atoms with Crippen molar-refractivity contribution in [3.8, 4) is 0 Å². The highest BCUT2D eigenvalue weighted by molar-refractivity contribution is 9.10. The van der Waals surface area contributed by atoms with Gasteiger partial charge in [0.05, 0.1) is 0 Å². The quantitative estimate of drug-likeness (QED) is 0.875. The largest absolute Gasteiger partial charge is 0.396 e. The first-order chi connectivity index (χ1) is 5.74. The van der Waals surface area contributed by atoms with Crippen LogP contribution >= 0.6 is 28.3 Å². The molecule has 5 heteroatoms. The summed E-state index contributed by atoms with van der Waals surface area (Å²) in [5, 5.41) is 8.66. The zero-order chi connectivity index (χ0) is 8.97. The molecule has 0 saturated carbocycles. The van der Waals surface area contributed by atoms with Gasteiger partial charge in [0.15, 0.2) is 0 Å². The minimum absolute atomic E-state index is 0. The summed E-state index contributed by atoms with van der Waals surface area (Å²) in [7, 11) is 0. The van der Waals surface area contributed by atoms with Gasteiger partial charge in [0.1, 0.15) is 0 Å². The third kappa shape index (κ3) is 4.04. The third-order valence-corrected chi connectivity index (χ3v) is 2.03. The summed E-state index contributed by atoms with van der Waals surface area (Å²) in [6, 6.07) is 1.79. The van der Waals surface area contributed by atoms with Crippen LogP contribution in [0.3, 0.4) is 0 Å². The molecule has 0 aliphatic rings. The Morgan fingerprint density at radius 1 is 1.54 bits per heavy atom. The van der Waals surface area contributed by atoms with Crippen LogP contribution in [-0.2, 0) is 0 Å². The molecule has 13 heavy (non-hydrogen) atoms. The van der Waals surface area contributed by atoms with E-state index in [2.05, 4.69) is 20.9 Å². The molecule has 0 aliphatic heterocycles. The Morgan fingerprint density at radius 2 is 2.23 bits per heavy atom. The highest BCUT2D eigenvalue weighted by Gasteiger charge is 2.04. The number of aliphatic hydroxyl groups excluding tert-OH is 1. The van der Waals surface area contributed by atoms with Crippen LogP contribution in [-0.4, -0.2) is 16.7 Å². The Morgan fingerprint density at radius 3 is 2.77 bits per heavy atom. The summed E-state index contributed by atoms with van der Waals surface area (Å²) < 4.78 is 0.911. The normalized spacial score (nSPS) is 11.9. The van der Waals surface area contributed by atoms with Crippen LogP contribution in [0.5, 0.6) is 0 Å². The molecule has 0 aliphatic carbocycles. The molecular weight excluding hydrogens is 255 g/mol. The molecule has 0 radical (unpaired) electrons. The lowest BCUT2D eigenvalue weighted by molar-refractivity contribution is 0.276.